The number of hydrogen-bond acceptors (Lipinski definition) is 4. The predicted octanol–water partition coefficient (Wildman–Crippen LogP) is 4.06. The Bertz CT molecular complexity index is 929. The van der Waals surface area contributed by atoms with Crippen LogP contribution in [-0.2, 0) is 14.3 Å². The lowest BCUT2D eigenvalue weighted by atomic mass is 9.98. The average Bonchev–Trinajstić information content (AvgIpc) is 3.08. The van der Waals surface area contributed by atoms with Crippen LogP contribution in [-0.4, -0.2) is 41.8 Å². The van der Waals surface area contributed by atoms with Crippen LogP contribution in [0.3, 0.4) is 0 Å². The van der Waals surface area contributed by atoms with E-state index in [1.54, 1.807) is 6.92 Å². The Morgan fingerprint density at radius 3 is 2.16 bits per heavy atom. The molecular weight excluding hydrogens is 408 g/mol. The summed E-state index contributed by atoms with van der Waals surface area (Å²) in [5.74, 6) is -1.19. The summed E-state index contributed by atoms with van der Waals surface area (Å²) in [7, 11) is 0. The normalized spacial score (nSPS) is 14.1. The van der Waals surface area contributed by atoms with E-state index in [0.29, 0.717) is 12.8 Å². The highest BCUT2D eigenvalue weighted by molar-refractivity contribution is 5.79. The molecule has 0 aliphatic heterocycles. The first-order valence-corrected chi connectivity index (χ1v) is 11.0. The molecule has 7 heteroatoms. The molecule has 0 spiro atoms. The first kappa shape index (κ1) is 23.3. The monoisotopic (exact) mass is 438 g/mol. The van der Waals surface area contributed by atoms with Crippen molar-refractivity contribution in [2.24, 2.45) is 0 Å². The Labute approximate surface area is 188 Å². The number of amides is 2. The van der Waals surface area contributed by atoms with Crippen molar-refractivity contribution in [1.82, 2.24) is 10.6 Å². The highest BCUT2D eigenvalue weighted by Crippen LogP contribution is 2.44. The number of aliphatic carboxylic acids is 1. The second-order valence-electron chi connectivity index (χ2n) is 8.18. The summed E-state index contributed by atoms with van der Waals surface area (Å²) < 4.78 is 5.57. The molecule has 1 aliphatic rings. The van der Waals surface area contributed by atoms with Crippen LogP contribution < -0.4 is 10.6 Å². The fourth-order valence-corrected chi connectivity index (χ4v) is 4.15. The van der Waals surface area contributed by atoms with Crippen molar-refractivity contribution in [3.63, 3.8) is 0 Å². The van der Waals surface area contributed by atoms with Gasteiger partial charge in [-0.3, -0.25) is 9.59 Å². The molecule has 2 aromatic rings. The van der Waals surface area contributed by atoms with Crippen molar-refractivity contribution in [3.8, 4) is 11.1 Å². The van der Waals surface area contributed by atoms with E-state index in [1.807, 2.05) is 31.2 Å². The molecule has 0 bridgehead atoms. The summed E-state index contributed by atoms with van der Waals surface area (Å²) >= 11 is 0. The third kappa shape index (κ3) is 5.87. The molecule has 3 rings (SSSR count). The van der Waals surface area contributed by atoms with E-state index in [4.69, 9.17) is 9.84 Å². The minimum absolute atomic E-state index is 0.00488. The molecule has 32 heavy (non-hydrogen) atoms. The average molecular weight is 439 g/mol. The van der Waals surface area contributed by atoms with Gasteiger partial charge in [-0.2, -0.15) is 0 Å². The van der Waals surface area contributed by atoms with Gasteiger partial charge in [0.2, 0.25) is 5.91 Å². The van der Waals surface area contributed by atoms with E-state index in [0.717, 1.165) is 11.1 Å². The SMILES string of the molecule is CCC(CCC(=O)NC(C)CC(=O)O)NC(=O)OCC1c2ccccc2-c2ccccc21. The molecule has 1 aliphatic carbocycles. The van der Waals surface area contributed by atoms with Crippen molar-refractivity contribution in [2.45, 2.75) is 57.5 Å². The number of benzene rings is 2. The molecule has 3 N–H and O–H groups in total. The topological polar surface area (TPSA) is 105 Å². The maximum absolute atomic E-state index is 12.4. The number of carboxylic acids is 1. The van der Waals surface area contributed by atoms with Gasteiger partial charge in [0, 0.05) is 24.4 Å². The second-order valence-corrected chi connectivity index (χ2v) is 8.18. The highest BCUT2D eigenvalue weighted by Gasteiger charge is 2.29. The van der Waals surface area contributed by atoms with Crippen LogP contribution in [0, 0.1) is 0 Å². The molecule has 2 unspecified atom stereocenters. The number of nitrogens with one attached hydrogen (secondary N) is 2. The molecule has 2 atom stereocenters. The number of hydrogen-bond donors (Lipinski definition) is 3. The van der Waals surface area contributed by atoms with Crippen molar-refractivity contribution < 1.29 is 24.2 Å². The van der Waals surface area contributed by atoms with Crippen LogP contribution in [0.15, 0.2) is 48.5 Å². The fraction of sp³-hybridized carbons (Fsp3) is 0.400. The first-order valence-electron chi connectivity index (χ1n) is 11.0. The maximum Gasteiger partial charge on any atom is 0.407 e. The van der Waals surface area contributed by atoms with E-state index >= 15 is 0 Å². The first-order chi connectivity index (χ1) is 15.4. The van der Waals surface area contributed by atoms with Crippen LogP contribution in [0.2, 0.25) is 0 Å². The summed E-state index contributed by atoms with van der Waals surface area (Å²) in [5.41, 5.74) is 4.65. The second kappa shape index (κ2) is 10.8. The molecule has 7 nitrogen and oxygen atoms in total. The Morgan fingerprint density at radius 1 is 1.00 bits per heavy atom. The fourth-order valence-electron chi connectivity index (χ4n) is 4.15. The largest absolute Gasteiger partial charge is 0.481 e. The molecule has 0 fully saturated rings. The molecule has 0 saturated carbocycles. The third-order valence-corrected chi connectivity index (χ3v) is 5.77. The maximum atomic E-state index is 12.4. The van der Waals surface area contributed by atoms with Gasteiger partial charge in [-0.05, 0) is 42.0 Å². The van der Waals surface area contributed by atoms with E-state index in [9.17, 15) is 14.4 Å². The van der Waals surface area contributed by atoms with Crippen LogP contribution in [0.5, 0.6) is 0 Å². The molecule has 170 valence electrons. The van der Waals surface area contributed by atoms with Gasteiger partial charge in [0.1, 0.15) is 6.61 Å². The van der Waals surface area contributed by atoms with Gasteiger partial charge in [-0.1, -0.05) is 55.5 Å². The van der Waals surface area contributed by atoms with Gasteiger partial charge < -0.3 is 20.5 Å². The zero-order valence-corrected chi connectivity index (χ0v) is 18.5. The van der Waals surface area contributed by atoms with Crippen molar-refractivity contribution in [2.75, 3.05) is 6.61 Å². The third-order valence-electron chi connectivity index (χ3n) is 5.77. The summed E-state index contributed by atoms with van der Waals surface area (Å²) in [6, 6.07) is 15.7. The summed E-state index contributed by atoms with van der Waals surface area (Å²) in [4.78, 5) is 35.2. The van der Waals surface area contributed by atoms with E-state index in [2.05, 4.69) is 34.9 Å². The predicted molar refractivity (Wildman–Crippen MR) is 121 cm³/mol. The molecular formula is C25H30N2O5. The number of rotatable bonds is 10. The highest BCUT2D eigenvalue weighted by atomic mass is 16.5. The molecule has 0 saturated heterocycles. The number of fused-ring (bicyclic) bond motifs is 3. The molecule has 0 heterocycles. The van der Waals surface area contributed by atoms with E-state index in [1.165, 1.54) is 11.1 Å². The van der Waals surface area contributed by atoms with Crippen LogP contribution in [0.4, 0.5) is 4.79 Å². The van der Waals surface area contributed by atoms with E-state index < -0.39 is 18.1 Å². The Balaban J connectivity index is 1.50. The molecule has 0 aromatic heterocycles. The number of carbonyl (C=O) groups excluding carboxylic acids is 2. The molecule has 2 aromatic carbocycles. The lowest BCUT2D eigenvalue weighted by molar-refractivity contribution is -0.137. The van der Waals surface area contributed by atoms with Crippen molar-refractivity contribution >= 4 is 18.0 Å². The van der Waals surface area contributed by atoms with Crippen molar-refractivity contribution in [3.05, 3.63) is 59.7 Å². The number of carboxylic acid groups (broad SMARTS) is 1. The Kier molecular flexibility index (Phi) is 7.87. The summed E-state index contributed by atoms with van der Waals surface area (Å²) in [5, 5.41) is 14.3. The van der Waals surface area contributed by atoms with Gasteiger partial charge in [-0.15, -0.1) is 0 Å². The molecule has 0 radical (unpaired) electrons. The van der Waals surface area contributed by atoms with E-state index in [-0.39, 0.29) is 37.3 Å². The minimum Gasteiger partial charge on any atom is -0.481 e. The standard InChI is InChI=1S/C25H30N2O5/c1-3-17(12-13-23(28)26-16(2)14-24(29)30)27-25(31)32-15-22-20-10-6-4-8-18(20)19-9-5-7-11-21(19)22/h4-11,16-17,22H,3,12-15H2,1-2H3,(H,26,28)(H,27,31)(H,29,30). The van der Waals surface area contributed by atoms with Gasteiger partial charge >= 0.3 is 12.1 Å². The smallest absolute Gasteiger partial charge is 0.407 e. The Morgan fingerprint density at radius 2 is 1.59 bits per heavy atom. The number of ether oxygens (including phenoxy) is 1. The van der Waals surface area contributed by atoms with Gasteiger partial charge in [0.25, 0.3) is 0 Å². The number of alkyl carbamates (subject to hydrolysis) is 1. The lowest BCUT2D eigenvalue weighted by Gasteiger charge is -2.19. The van der Waals surface area contributed by atoms with Gasteiger partial charge in [0.05, 0.1) is 6.42 Å². The quantitative estimate of drug-likeness (QED) is 0.519. The van der Waals surface area contributed by atoms with Crippen LogP contribution in [0.25, 0.3) is 11.1 Å². The summed E-state index contributed by atoms with van der Waals surface area (Å²) in [6.07, 6.45) is 0.681. The van der Waals surface area contributed by atoms with Crippen LogP contribution >= 0.6 is 0 Å². The Hall–Kier alpha value is -3.35. The molecule has 2 amide bonds. The minimum atomic E-state index is -0.957. The number of carbonyl (C=O) groups is 3. The zero-order valence-electron chi connectivity index (χ0n) is 18.5. The summed E-state index contributed by atoms with van der Waals surface area (Å²) in [6.45, 7) is 3.82. The van der Waals surface area contributed by atoms with Crippen molar-refractivity contribution in [1.29, 1.82) is 0 Å². The zero-order chi connectivity index (χ0) is 23.1. The lowest BCUT2D eigenvalue weighted by Crippen LogP contribution is -2.38. The van der Waals surface area contributed by atoms with Crippen LogP contribution in [0.1, 0.15) is 56.6 Å². The van der Waals surface area contributed by atoms with Gasteiger partial charge in [0.15, 0.2) is 0 Å². The van der Waals surface area contributed by atoms with Gasteiger partial charge in [-0.25, -0.2) is 4.79 Å².